The summed E-state index contributed by atoms with van der Waals surface area (Å²) in [5.41, 5.74) is -0.553. The lowest BCUT2D eigenvalue weighted by Crippen LogP contribution is -2.70. The van der Waals surface area contributed by atoms with E-state index in [1.165, 1.54) is 0 Å². The fourth-order valence-electron chi connectivity index (χ4n) is 4.56. The van der Waals surface area contributed by atoms with Crippen molar-refractivity contribution in [3.05, 3.63) is 0 Å². The number of hydrogen-bond acceptors (Lipinski definition) is 3. The highest BCUT2D eigenvalue weighted by Gasteiger charge is 2.63. The van der Waals surface area contributed by atoms with Gasteiger partial charge in [0.1, 0.15) is 0 Å². The summed E-state index contributed by atoms with van der Waals surface area (Å²) in [4.78, 5) is 12.2. The quantitative estimate of drug-likeness (QED) is 0.700. The van der Waals surface area contributed by atoms with Gasteiger partial charge in [0.25, 0.3) is 0 Å². The van der Waals surface area contributed by atoms with Crippen LogP contribution in [0.2, 0.25) is 0 Å². The first-order valence-electron chi connectivity index (χ1n) is 7.59. The van der Waals surface area contributed by atoms with E-state index in [0.29, 0.717) is 11.8 Å². The van der Waals surface area contributed by atoms with Gasteiger partial charge in [-0.15, -0.1) is 0 Å². The van der Waals surface area contributed by atoms with Gasteiger partial charge < -0.3 is 15.7 Å². The van der Waals surface area contributed by atoms with E-state index < -0.39 is 5.60 Å². The van der Waals surface area contributed by atoms with Gasteiger partial charge in [-0.05, 0) is 56.4 Å². The fraction of sp³-hybridized carbons (Fsp3) is 0.933. The van der Waals surface area contributed by atoms with Crippen LogP contribution in [0, 0.1) is 17.3 Å². The van der Waals surface area contributed by atoms with Gasteiger partial charge in [-0.2, -0.15) is 0 Å². The molecule has 0 unspecified atom stereocenters. The molecule has 1 amide bonds. The minimum absolute atomic E-state index is 0.0536. The summed E-state index contributed by atoms with van der Waals surface area (Å²) >= 11 is 0. The van der Waals surface area contributed by atoms with Gasteiger partial charge in [0.15, 0.2) is 0 Å². The number of hydrogen-bond donors (Lipinski definition) is 3. The van der Waals surface area contributed by atoms with Crippen LogP contribution in [0.15, 0.2) is 0 Å². The first-order chi connectivity index (χ1) is 8.83. The van der Waals surface area contributed by atoms with Gasteiger partial charge >= 0.3 is 0 Å². The molecule has 4 heteroatoms. The van der Waals surface area contributed by atoms with Crippen LogP contribution < -0.4 is 10.6 Å². The smallest absolute Gasteiger partial charge is 0.237 e. The first kappa shape index (κ1) is 13.4. The number of fused-ring (bicyclic) bond motifs is 2. The number of aliphatic hydroxyl groups is 1. The number of rotatable bonds is 2. The Labute approximate surface area is 115 Å². The van der Waals surface area contributed by atoms with E-state index in [0.717, 1.165) is 32.2 Å². The maximum Gasteiger partial charge on any atom is 0.237 e. The van der Waals surface area contributed by atoms with Crippen molar-refractivity contribution in [3.63, 3.8) is 0 Å². The van der Waals surface area contributed by atoms with E-state index in [1.54, 1.807) is 0 Å². The van der Waals surface area contributed by atoms with Crippen molar-refractivity contribution in [1.29, 1.82) is 0 Å². The minimum Gasteiger partial charge on any atom is -0.388 e. The highest BCUT2D eigenvalue weighted by atomic mass is 16.3. The largest absolute Gasteiger partial charge is 0.388 e. The summed E-state index contributed by atoms with van der Waals surface area (Å²) in [6.45, 7) is 7.33. The van der Waals surface area contributed by atoms with Crippen molar-refractivity contribution in [2.24, 2.45) is 17.3 Å². The third-order valence-corrected chi connectivity index (χ3v) is 6.10. The summed E-state index contributed by atoms with van der Waals surface area (Å²) in [5, 5.41) is 17.1. The molecule has 0 aromatic heterocycles. The Bertz CT molecular complexity index is 386. The Hall–Kier alpha value is -0.610. The second-order valence-electron chi connectivity index (χ2n) is 7.48. The van der Waals surface area contributed by atoms with Gasteiger partial charge in [-0.3, -0.25) is 4.79 Å². The SMILES string of the molecule is CC1(C)[C@@H]2C[C@H](NC(=O)[C@@H]3CCCN3)[C@@](C)(O)[C@H]1C2. The molecule has 2 bridgehead atoms. The maximum absolute atomic E-state index is 12.2. The van der Waals surface area contributed by atoms with Crippen LogP contribution in [-0.2, 0) is 4.79 Å². The van der Waals surface area contributed by atoms with Crippen molar-refractivity contribution < 1.29 is 9.90 Å². The molecule has 4 aliphatic rings. The molecule has 4 fully saturated rings. The summed E-state index contributed by atoms with van der Waals surface area (Å²) in [5.74, 6) is 1.02. The van der Waals surface area contributed by atoms with Crippen LogP contribution >= 0.6 is 0 Å². The Balaban J connectivity index is 1.68. The highest BCUT2D eigenvalue weighted by molar-refractivity contribution is 5.82. The molecule has 4 nitrogen and oxygen atoms in total. The molecule has 19 heavy (non-hydrogen) atoms. The van der Waals surface area contributed by atoms with Gasteiger partial charge in [0.2, 0.25) is 5.91 Å². The van der Waals surface area contributed by atoms with Gasteiger partial charge in [0, 0.05) is 0 Å². The van der Waals surface area contributed by atoms with Crippen LogP contribution in [-0.4, -0.2) is 35.2 Å². The molecule has 5 atom stereocenters. The van der Waals surface area contributed by atoms with Crippen LogP contribution in [0.25, 0.3) is 0 Å². The lowest BCUT2D eigenvalue weighted by Gasteiger charge is -2.65. The zero-order chi connectivity index (χ0) is 13.8. The number of amides is 1. The molecule has 1 aliphatic heterocycles. The van der Waals surface area contributed by atoms with Crippen molar-refractivity contribution in [2.45, 2.75) is 64.1 Å². The average molecular weight is 266 g/mol. The molecule has 0 spiro atoms. The molecule has 4 rings (SSSR count). The maximum atomic E-state index is 12.2. The predicted octanol–water partition coefficient (Wildman–Crippen LogP) is 1.04. The van der Waals surface area contributed by atoms with E-state index >= 15 is 0 Å². The highest BCUT2D eigenvalue weighted by Crippen LogP contribution is 2.62. The zero-order valence-corrected chi connectivity index (χ0v) is 12.2. The molecule has 3 aliphatic carbocycles. The van der Waals surface area contributed by atoms with Gasteiger partial charge in [-0.1, -0.05) is 13.8 Å². The molecule has 1 saturated heterocycles. The normalized spacial score (nSPS) is 47.6. The van der Waals surface area contributed by atoms with Crippen molar-refractivity contribution in [1.82, 2.24) is 10.6 Å². The van der Waals surface area contributed by atoms with Gasteiger partial charge in [-0.25, -0.2) is 0 Å². The standard InChI is InChI=1S/C15H26N2O2/c1-14(2)9-7-11(14)15(3,19)12(8-9)17-13(18)10-5-4-6-16-10/h9-12,16,19H,4-8H2,1-3H3,(H,17,18)/t9-,10-,11-,12-,15-/m0/s1. The topological polar surface area (TPSA) is 61.4 Å². The molecule has 108 valence electrons. The third kappa shape index (κ3) is 1.91. The minimum atomic E-state index is -0.771. The summed E-state index contributed by atoms with van der Waals surface area (Å²) in [7, 11) is 0. The van der Waals surface area contributed by atoms with Crippen LogP contribution in [0.4, 0.5) is 0 Å². The number of carbonyl (C=O) groups excluding carboxylic acids is 1. The Kier molecular flexibility index (Phi) is 2.95. The molecule has 3 saturated carbocycles. The van der Waals surface area contributed by atoms with Crippen LogP contribution in [0.3, 0.4) is 0 Å². The molecule has 0 radical (unpaired) electrons. The van der Waals surface area contributed by atoms with E-state index in [2.05, 4.69) is 24.5 Å². The Morgan fingerprint density at radius 2 is 2.05 bits per heavy atom. The van der Waals surface area contributed by atoms with Crippen LogP contribution in [0.5, 0.6) is 0 Å². The Morgan fingerprint density at radius 3 is 2.58 bits per heavy atom. The number of nitrogens with one attached hydrogen (secondary N) is 2. The average Bonchev–Trinajstić information content (AvgIpc) is 2.84. The van der Waals surface area contributed by atoms with E-state index in [9.17, 15) is 9.90 Å². The molecule has 1 heterocycles. The van der Waals surface area contributed by atoms with Crippen LogP contribution in [0.1, 0.15) is 46.5 Å². The third-order valence-electron chi connectivity index (χ3n) is 6.10. The second-order valence-corrected chi connectivity index (χ2v) is 7.48. The summed E-state index contributed by atoms with van der Waals surface area (Å²) in [6.07, 6.45) is 4.00. The molecular weight excluding hydrogens is 240 g/mol. The lowest BCUT2D eigenvalue weighted by atomic mass is 9.43. The fourth-order valence-corrected chi connectivity index (χ4v) is 4.56. The first-order valence-corrected chi connectivity index (χ1v) is 7.59. The molecule has 0 aromatic rings. The van der Waals surface area contributed by atoms with Crippen molar-refractivity contribution >= 4 is 5.91 Å². The van der Waals surface area contributed by atoms with E-state index in [1.807, 2.05) is 6.92 Å². The lowest BCUT2D eigenvalue weighted by molar-refractivity contribution is -0.209. The molecule has 0 aromatic carbocycles. The Morgan fingerprint density at radius 1 is 1.32 bits per heavy atom. The van der Waals surface area contributed by atoms with E-state index in [-0.39, 0.29) is 23.4 Å². The van der Waals surface area contributed by atoms with Gasteiger partial charge in [0.05, 0.1) is 17.7 Å². The van der Waals surface area contributed by atoms with Crippen molar-refractivity contribution in [2.75, 3.05) is 6.54 Å². The zero-order valence-electron chi connectivity index (χ0n) is 12.2. The predicted molar refractivity (Wildman–Crippen MR) is 73.6 cm³/mol. The van der Waals surface area contributed by atoms with Crippen molar-refractivity contribution in [3.8, 4) is 0 Å². The molecular formula is C15H26N2O2. The number of carbonyl (C=O) groups is 1. The monoisotopic (exact) mass is 266 g/mol. The van der Waals surface area contributed by atoms with E-state index in [4.69, 9.17) is 0 Å². The summed E-state index contributed by atoms with van der Waals surface area (Å²) in [6, 6.07) is -0.138. The second kappa shape index (κ2) is 4.19. The summed E-state index contributed by atoms with van der Waals surface area (Å²) < 4.78 is 0. The molecule has 3 N–H and O–H groups in total.